The Morgan fingerprint density at radius 2 is 2.28 bits per heavy atom. The summed E-state index contributed by atoms with van der Waals surface area (Å²) in [6.45, 7) is 0.673. The van der Waals surface area contributed by atoms with Gasteiger partial charge in [-0.05, 0) is 12.1 Å². The molecule has 0 amide bonds. The van der Waals surface area contributed by atoms with E-state index in [9.17, 15) is 9.50 Å². The summed E-state index contributed by atoms with van der Waals surface area (Å²) in [4.78, 5) is 0. The highest BCUT2D eigenvalue weighted by molar-refractivity contribution is 5.57. The van der Waals surface area contributed by atoms with E-state index in [1.807, 2.05) is 0 Å². The molecule has 1 aliphatic rings. The van der Waals surface area contributed by atoms with Crippen LogP contribution in [-0.4, -0.2) is 48.8 Å². The summed E-state index contributed by atoms with van der Waals surface area (Å²) in [5.41, 5.74) is 0.453. The lowest BCUT2D eigenvalue weighted by Crippen LogP contribution is -2.39. The Hall–Kier alpha value is -1.37. The largest absolute Gasteiger partial charge is 0.480 e. The lowest BCUT2D eigenvalue weighted by molar-refractivity contribution is -0.0806. The topological polar surface area (TPSA) is 71.0 Å². The number of anilines is 1. The minimum atomic E-state index is -0.895. The molecule has 1 unspecified atom stereocenters. The fraction of sp³-hybridized carbons (Fsp3) is 0.500. The van der Waals surface area contributed by atoms with Crippen molar-refractivity contribution in [2.45, 2.75) is 12.2 Å². The first-order valence-corrected chi connectivity index (χ1v) is 5.76. The van der Waals surface area contributed by atoms with Gasteiger partial charge in [0.25, 0.3) is 0 Å². The van der Waals surface area contributed by atoms with Crippen LogP contribution < -0.4 is 10.1 Å². The number of benzene rings is 1. The van der Waals surface area contributed by atoms with Crippen molar-refractivity contribution in [1.82, 2.24) is 0 Å². The molecule has 1 aromatic rings. The Morgan fingerprint density at radius 3 is 2.89 bits per heavy atom. The molecule has 2 rings (SSSR count). The molecule has 0 bridgehead atoms. The lowest BCUT2D eigenvalue weighted by Gasteiger charge is -2.28. The molecule has 0 radical (unpaired) electrons. The molecule has 1 atom stereocenters. The second-order valence-electron chi connectivity index (χ2n) is 4.11. The summed E-state index contributed by atoms with van der Waals surface area (Å²) in [6, 6.07) is 4.51. The fourth-order valence-electron chi connectivity index (χ4n) is 1.51. The minimum absolute atomic E-state index is 0.121. The lowest BCUT2D eigenvalue weighted by atomic mass is 10.2. The van der Waals surface area contributed by atoms with E-state index in [-0.39, 0.29) is 25.0 Å². The first kappa shape index (κ1) is 13.1. The van der Waals surface area contributed by atoms with E-state index in [1.54, 1.807) is 12.1 Å². The van der Waals surface area contributed by atoms with Crippen LogP contribution in [0, 0.1) is 5.82 Å². The number of hydrogen-bond donors (Lipinski definition) is 3. The molecule has 1 aromatic carbocycles. The van der Waals surface area contributed by atoms with E-state index in [2.05, 4.69) is 5.32 Å². The van der Waals surface area contributed by atoms with Gasteiger partial charge in [0.1, 0.15) is 6.10 Å². The van der Waals surface area contributed by atoms with Crippen LogP contribution >= 0.6 is 0 Å². The number of ether oxygens (including phenoxy) is 2. The van der Waals surface area contributed by atoms with Crippen molar-refractivity contribution >= 4 is 5.69 Å². The van der Waals surface area contributed by atoms with Gasteiger partial charge in [0.2, 0.25) is 0 Å². The summed E-state index contributed by atoms with van der Waals surface area (Å²) in [5, 5.41) is 20.8. The highest BCUT2D eigenvalue weighted by Gasteiger charge is 2.23. The van der Waals surface area contributed by atoms with Crippen LogP contribution in [0.5, 0.6) is 5.75 Å². The zero-order chi connectivity index (χ0) is 13.0. The fourth-order valence-corrected chi connectivity index (χ4v) is 1.51. The van der Waals surface area contributed by atoms with E-state index in [1.165, 1.54) is 6.07 Å². The molecule has 0 aliphatic carbocycles. The Balaban J connectivity index is 2.04. The highest BCUT2D eigenvalue weighted by Crippen LogP contribution is 2.29. The van der Waals surface area contributed by atoms with Gasteiger partial charge in [-0.15, -0.1) is 0 Å². The van der Waals surface area contributed by atoms with Crippen molar-refractivity contribution in [3.63, 3.8) is 0 Å². The van der Waals surface area contributed by atoms with Crippen molar-refractivity contribution in [2.75, 3.05) is 31.7 Å². The average molecular weight is 257 g/mol. The molecule has 0 aromatic heterocycles. The molecule has 0 saturated carbocycles. The van der Waals surface area contributed by atoms with Gasteiger partial charge >= 0.3 is 0 Å². The maximum Gasteiger partial charge on any atom is 0.178 e. The number of para-hydroxylation sites is 1. The monoisotopic (exact) mass is 257 g/mol. The average Bonchev–Trinajstić information content (AvgIpc) is 2.32. The second kappa shape index (κ2) is 5.99. The van der Waals surface area contributed by atoms with E-state index in [4.69, 9.17) is 14.6 Å². The van der Waals surface area contributed by atoms with Gasteiger partial charge < -0.3 is 25.0 Å². The molecule has 1 aliphatic heterocycles. The van der Waals surface area contributed by atoms with Crippen LogP contribution in [0.25, 0.3) is 0 Å². The van der Waals surface area contributed by atoms with Crippen LogP contribution in [0.2, 0.25) is 0 Å². The van der Waals surface area contributed by atoms with E-state index >= 15 is 0 Å². The summed E-state index contributed by atoms with van der Waals surface area (Å²) in [7, 11) is 0. The number of nitrogens with one attached hydrogen (secondary N) is 1. The van der Waals surface area contributed by atoms with Crippen molar-refractivity contribution in [1.29, 1.82) is 0 Å². The molecule has 3 N–H and O–H groups in total. The maximum absolute atomic E-state index is 13.7. The number of halogens is 1. The summed E-state index contributed by atoms with van der Waals surface area (Å²) < 4.78 is 24.1. The normalized spacial score (nSPS) is 17.1. The number of rotatable bonds is 6. The molecule has 1 heterocycles. The van der Waals surface area contributed by atoms with Crippen molar-refractivity contribution in [3.05, 3.63) is 24.0 Å². The number of aliphatic hydroxyl groups is 2. The maximum atomic E-state index is 13.7. The second-order valence-corrected chi connectivity index (χ2v) is 4.11. The first-order chi connectivity index (χ1) is 8.70. The van der Waals surface area contributed by atoms with E-state index in [0.717, 1.165) is 0 Å². The Bertz CT molecular complexity index is 398. The van der Waals surface area contributed by atoms with Gasteiger partial charge in [0.05, 0.1) is 31.6 Å². The molecular formula is C12H16FNO4. The molecule has 100 valence electrons. The Morgan fingerprint density at radius 1 is 1.50 bits per heavy atom. The summed E-state index contributed by atoms with van der Waals surface area (Å²) >= 11 is 0. The van der Waals surface area contributed by atoms with Crippen molar-refractivity contribution < 1.29 is 24.1 Å². The van der Waals surface area contributed by atoms with Crippen molar-refractivity contribution in [2.24, 2.45) is 0 Å². The Kier molecular flexibility index (Phi) is 4.35. The summed E-state index contributed by atoms with van der Waals surface area (Å²) in [6.07, 6.45) is -1.03. The molecule has 6 heteroatoms. The third-order valence-corrected chi connectivity index (χ3v) is 2.60. The minimum Gasteiger partial charge on any atom is -0.480 e. The van der Waals surface area contributed by atoms with Crippen LogP contribution in [0.15, 0.2) is 18.2 Å². The molecule has 0 spiro atoms. The standard InChI is InChI=1S/C12H16FNO4/c13-10-2-1-3-11(14-4-8(16)5-15)12(10)18-9-6-17-7-9/h1-3,8-9,14-16H,4-7H2. The molecule has 1 saturated heterocycles. The van der Waals surface area contributed by atoms with Gasteiger partial charge in [-0.3, -0.25) is 0 Å². The van der Waals surface area contributed by atoms with Gasteiger partial charge in [-0.25, -0.2) is 4.39 Å². The smallest absolute Gasteiger partial charge is 0.178 e. The van der Waals surface area contributed by atoms with Crippen molar-refractivity contribution in [3.8, 4) is 5.75 Å². The van der Waals surface area contributed by atoms with Crippen LogP contribution in [0.4, 0.5) is 10.1 Å². The predicted octanol–water partition coefficient (Wildman–Crippen LogP) is 0.368. The zero-order valence-corrected chi connectivity index (χ0v) is 9.80. The molecule has 5 nitrogen and oxygen atoms in total. The number of hydrogen-bond acceptors (Lipinski definition) is 5. The van der Waals surface area contributed by atoms with Crippen LogP contribution in [0.3, 0.4) is 0 Å². The molecule has 1 fully saturated rings. The quantitative estimate of drug-likeness (QED) is 0.687. The van der Waals surface area contributed by atoms with Gasteiger partial charge in [0.15, 0.2) is 11.6 Å². The highest BCUT2D eigenvalue weighted by atomic mass is 19.1. The third kappa shape index (κ3) is 3.10. The SMILES string of the molecule is OCC(O)CNc1cccc(F)c1OC1COC1. The van der Waals surface area contributed by atoms with Gasteiger partial charge in [-0.1, -0.05) is 6.07 Å². The van der Waals surface area contributed by atoms with Gasteiger partial charge in [-0.2, -0.15) is 0 Å². The van der Waals surface area contributed by atoms with Gasteiger partial charge in [0, 0.05) is 6.54 Å². The first-order valence-electron chi connectivity index (χ1n) is 5.76. The molecular weight excluding hydrogens is 241 g/mol. The van der Waals surface area contributed by atoms with E-state index < -0.39 is 11.9 Å². The zero-order valence-electron chi connectivity index (χ0n) is 9.80. The van der Waals surface area contributed by atoms with Crippen LogP contribution in [-0.2, 0) is 4.74 Å². The number of aliphatic hydroxyl groups excluding tert-OH is 2. The third-order valence-electron chi connectivity index (χ3n) is 2.60. The Labute approximate surface area is 104 Å². The predicted molar refractivity (Wildman–Crippen MR) is 63.2 cm³/mol. The van der Waals surface area contributed by atoms with Crippen LogP contribution in [0.1, 0.15) is 0 Å². The van der Waals surface area contributed by atoms with E-state index in [0.29, 0.717) is 18.9 Å². The molecule has 18 heavy (non-hydrogen) atoms. The summed E-state index contributed by atoms with van der Waals surface area (Å²) in [5.74, 6) is -0.346.